The molecule has 3 N–H and O–H groups in total. The van der Waals surface area contributed by atoms with E-state index in [1.807, 2.05) is 25.1 Å². The molecule has 0 aliphatic carbocycles. The maximum atomic E-state index is 12.2. The number of halogens is 4. The van der Waals surface area contributed by atoms with Gasteiger partial charge in [0.05, 0.1) is 0 Å². The zero-order chi connectivity index (χ0) is 16.0. The summed E-state index contributed by atoms with van der Waals surface area (Å²) < 4.78 is 10.3. The fourth-order valence-corrected chi connectivity index (χ4v) is 1.98. The van der Waals surface area contributed by atoms with Crippen LogP contribution in [0.5, 0.6) is 0 Å². The minimum absolute atomic E-state index is 0.121. The number of anilines is 1. The number of hydrogen-bond donors (Lipinski definition) is 3. The molecule has 0 heterocycles. The first-order chi connectivity index (χ1) is 9.72. The molecule has 0 saturated carbocycles. The lowest BCUT2D eigenvalue weighted by Crippen LogP contribution is -2.56. The van der Waals surface area contributed by atoms with E-state index in [4.69, 9.17) is 47.0 Å². The lowest BCUT2D eigenvalue weighted by Gasteiger charge is -2.27. The van der Waals surface area contributed by atoms with Crippen LogP contribution in [0.1, 0.15) is 5.56 Å². The van der Waals surface area contributed by atoms with Crippen LogP contribution in [-0.4, -0.2) is 27.7 Å². The van der Waals surface area contributed by atoms with E-state index in [1.54, 1.807) is 6.07 Å². The molecule has 0 saturated heterocycles. The van der Waals surface area contributed by atoms with Gasteiger partial charge in [-0.15, -0.1) is 0 Å². The van der Waals surface area contributed by atoms with Gasteiger partial charge in [-0.3, -0.25) is 4.79 Å². The molecule has 0 spiro atoms. The second-order valence-electron chi connectivity index (χ2n) is 4.14. The minimum Gasteiger partial charge on any atom is -0.339 e. The first-order valence-electron chi connectivity index (χ1n) is 5.78. The van der Waals surface area contributed by atoms with Crippen molar-refractivity contribution < 1.29 is 9.18 Å². The molecule has 116 valence electrons. The molecule has 1 amide bonds. The third kappa shape index (κ3) is 6.65. The van der Waals surface area contributed by atoms with E-state index in [9.17, 15) is 9.18 Å². The summed E-state index contributed by atoms with van der Waals surface area (Å²) in [5.41, 5.74) is 1.76. The van der Waals surface area contributed by atoms with E-state index in [0.717, 1.165) is 11.3 Å². The fourth-order valence-electron chi connectivity index (χ4n) is 1.42. The number of thiocarbonyl (C=S) groups is 1. The van der Waals surface area contributed by atoms with E-state index in [0.29, 0.717) is 0 Å². The number of benzene rings is 1. The molecule has 0 aliphatic rings. The van der Waals surface area contributed by atoms with Crippen molar-refractivity contribution in [2.24, 2.45) is 0 Å². The summed E-state index contributed by atoms with van der Waals surface area (Å²) >= 11 is 22.2. The number of rotatable bonds is 4. The predicted molar refractivity (Wildman–Crippen MR) is 88.7 cm³/mol. The van der Waals surface area contributed by atoms with Crippen LogP contribution >= 0.6 is 47.0 Å². The van der Waals surface area contributed by atoms with Crippen molar-refractivity contribution in [1.82, 2.24) is 10.6 Å². The Morgan fingerprint density at radius 3 is 2.57 bits per heavy atom. The Bertz CT molecular complexity index is 525. The van der Waals surface area contributed by atoms with Crippen LogP contribution in [0.15, 0.2) is 24.3 Å². The van der Waals surface area contributed by atoms with Gasteiger partial charge in [-0.05, 0) is 36.8 Å². The highest BCUT2D eigenvalue weighted by Gasteiger charge is 2.34. The number of nitrogens with one attached hydrogen (secondary N) is 3. The van der Waals surface area contributed by atoms with Crippen molar-refractivity contribution in [2.75, 3.05) is 12.0 Å². The standard InChI is InChI=1S/C12H13Cl3FN3OS/c1-7-3-2-4-8(5-7)17-11(21)19-10(12(13,14)15)18-9(20)6-16/h2-5,10H,6H2,1H3,(H,18,20)(H2,17,19,21). The van der Waals surface area contributed by atoms with Gasteiger partial charge < -0.3 is 16.0 Å². The maximum Gasteiger partial charge on any atom is 0.253 e. The topological polar surface area (TPSA) is 53.2 Å². The third-order valence-electron chi connectivity index (χ3n) is 2.31. The van der Waals surface area contributed by atoms with Gasteiger partial charge in [0.2, 0.25) is 3.79 Å². The van der Waals surface area contributed by atoms with Crippen molar-refractivity contribution in [3.63, 3.8) is 0 Å². The van der Waals surface area contributed by atoms with Gasteiger partial charge in [0.15, 0.2) is 11.8 Å². The first-order valence-corrected chi connectivity index (χ1v) is 7.33. The number of hydrogen-bond acceptors (Lipinski definition) is 2. The zero-order valence-electron chi connectivity index (χ0n) is 10.9. The summed E-state index contributed by atoms with van der Waals surface area (Å²) in [6.07, 6.45) is -1.17. The zero-order valence-corrected chi connectivity index (χ0v) is 14.0. The summed E-state index contributed by atoms with van der Waals surface area (Å²) in [5.74, 6) is -0.919. The van der Waals surface area contributed by atoms with Crippen LogP contribution in [0.2, 0.25) is 0 Å². The molecular formula is C12H13Cl3FN3OS. The van der Waals surface area contributed by atoms with Gasteiger partial charge in [0.1, 0.15) is 6.17 Å². The van der Waals surface area contributed by atoms with Gasteiger partial charge in [0, 0.05) is 5.69 Å². The molecule has 4 nitrogen and oxygen atoms in total. The minimum atomic E-state index is -1.90. The summed E-state index contributed by atoms with van der Waals surface area (Å²) in [5, 5.41) is 7.80. The molecule has 0 aliphatic heterocycles. The van der Waals surface area contributed by atoms with Crippen molar-refractivity contribution in [3.05, 3.63) is 29.8 Å². The lowest BCUT2D eigenvalue weighted by molar-refractivity contribution is -0.122. The van der Waals surface area contributed by atoms with Gasteiger partial charge in [-0.1, -0.05) is 46.9 Å². The highest BCUT2D eigenvalue weighted by atomic mass is 35.6. The smallest absolute Gasteiger partial charge is 0.253 e. The lowest BCUT2D eigenvalue weighted by atomic mass is 10.2. The van der Waals surface area contributed by atoms with E-state index in [1.165, 1.54) is 0 Å². The Hall–Kier alpha value is -0.820. The summed E-state index contributed by atoms with van der Waals surface area (Å²) in [7, 11) is 0. The fraction of sp³-hybridized carbons (Fsp3) is 0.333. The molecular weight excluding hydrogens is 360 g/mol. The Balaban J connectivity index is 2.70. The van der Waals surface area contributed by atoms with Crippen LogP contribution in [-0.2, 0) is 4.79 Å². The molecule has 0 fully saturated rings. The normalized spacial score (nSPS) is 12.4. The number of alkyl halides is 4. The van der Waals surface area contributed by atoms with Crippen LogP contribution < -0.4 is 16.0 Å². The molecule has 1 atom stereocenters. The Labute approximate surface area is 142 Å². The van der Waals surface area contributed by atoms with Crippen molar-refractivity contribution in [3.8, 4) is 0 Å². The van der Waals surface area contributed by atoms with Crippen LogP contribution in [0.3, 0.4) is 0 Å². The molecule has 1 unspecified atom stereocenters. The number of carbonyl (C=O) groups is 1. The molecule has 0 radical (unpaired) electrons. The summed E-state index contributed by atoms with van der Waals surface area (Å²) in [6.45, 7) is 0.699. The molecule has 21 heavy (non-hydrogen) atoms. The average molecular weight is 373 g/mol. The Morgan fingerprint density at radius 1 is 1.38 bits per heavy atom. The molecule has 0 aromatic heterocycles. The largest absolute Gasteiger partial charge is 0.339 e. The van der Waals surface area contributed by atoms with Crippen molar-refractivity contribution >= 4 is 63.7 Å². The first kappa shape index (κ1) is 18.2. The predicted octanol–water partition coefficient (Wildman–Crippen LogP) is 3.06. The van der Waals surface area contributed by atoms with Gasteiger partial charge in [-0.2, -0.15) is 0 Å². The van der Waals surface area contributed by atoms with E-state index >= 15 is 0 Å². The highest BCUT2D eigenvalue weighted by molar-refractivity contribution is 7.80. The summed E-state index contributed by atoms with van der Waals surface area (Å²) in [4.78, 5) is 11.1. The van der Waals surface area contributed by atoms with E-state index in [2.05, 4.69) is 16.0 Å². The second-order valence-corrected chi connectivity index (χ2v) is 6.92. The van der Waals surface area contributed by atoms with Gasteiger partial charge >= 0.3 is 0 Å². The molecule has 1 aromatic rings. The number of amides is 1. The van der Waals surface area contributed by atoms with Crippen molar-refractivity contribution in [1.29, 1.82) is 0 Å². The Morgan fingerprint density at radius 2 is 2.05 bits per heavy atom. The molecule has 0 bridgehead atoms. The highest BCUT2D eigenvalue weighted by Crippen LogP contribution is 2.29. The maximum absolute atomic E-state index is 12.2. The van der Waals surface area contributed by atoms with Gasteiger partial charge in [0.25, 0.3) is 5.91 Å². The van der Waals surface area contributed by atoms with Crippen LogP contribution in [0.4, 0.5) is 10.1 Å². The van der Waals surface area contributed by atoms with Crippen molar-refractivity contribution in [2.45, 2.75) is 16.9 Å². The molecule has 9 heteroatoms. The number of aryl methyl sites for hydroxylation is 1. The van der Waals surface area contributed by atoms with E-state index in [-0.39, 0.29) is 5.11 Å². The molecule has 1 rings (SSSR count). The van der Waals surface area contributed by atoms with E-state index < -0.39 is 22.5 Å². The van der Waals surface area contributed by atoms with Gasteiger partial charge in [-0.25, -0.2) is 4.39 Å². The second kappa shape index (κ2) is 7.98. The SMILES string of the molecule is Cc1cccc(NC(=S)NC(NC(=O)CF)C(Cl)(Cl)Cl)c1. The monoisotopic (exact) mass is 371 g/mol. The Kier molecular flexibility index (Phi) is 6.93. The molecule has 1 aromatic carbocycles. The van der Waals surface area contributed by atoms with Crippen LogP contribution in [0.25, 0.3) is 0 Å². The third-order valence-corrected chi connectivity index (χ3v) is 3.18. The average Bonchev–Trinajstić information content (AvgIpc) is 2.36. The summed E-state index contributed by atoms with van der Waals surface area (Å²) in [6, 6.07) is 7.43. The quantitative estimate of drug-likeness (QED) is 0.432. The number of carbonyl (C=O) groups excluding carboxylic acids is 1. The van der Waals surface area contributed by atoms with Crippen LogP contribution in [0, 0.1) is 6.92 Å².